The average molecular weight is 372 g/mol. The fourth-order valence-corrected chi connectivity index (χ4v) is 2.04. The predicted octanol–water partition coefficient (Wildman–Crippen LogP) is 4.25. The number of alkyl halides is 4. The first-order valence-corrected chi connectivity index (χ1v) is 7.47. The maximum Gasteiger partial charge on any atom is 0.387 e. The summed E-state index contributed by atoms with van der Waals surface area (Å²) in [7, 11) is 0. The number of rotatable bonds is 8. The zero-order valence-corrected chi connectivity index (χ0v) is 13.6. The number of benzene rings is 2. The lowest BCUT2D eigenvalue weighted by atomic mass is 10.2. The highest BCUT2D eigenvalue weighted by Gasteiger charge is 2.14. The van der Waals surface area contributed by atoms with E-state index in [0.29, 0.717) is 5.69 Å². The largest absolute Gasteiger partial charge is 0.435 e. The van der Waals surface area contributed by atoms with Crippen molar-refractivity contribution in [1.82, 2.24) is 0 Å². The number of carbonyl (C=O) groups is 1. The normalized spacial score (nSPS) is 10.7. The van der Waals surface area contributed by atoms with E-state index in [-0.39, 0.29) is 18.0 Å². The first kappa shape index (κ1) is 19.4. The van der Waals surface area contributed by atoms with Gasteiger partial charge >= 0.3 is 13.2 Å². The van der Waals surface area contributed by atoms with Crippen LogP contribution < -0.4 is 20.1 Å². The lowest BCUT2D eigenvalue weighted by molar-refractivity contribution is -0.114. The first-order valence-electron chi connectivity index (χ1n) is 7.47. The first-order chi connectivity index (χ1) is 12.3. The standard InChI is InChI=1S/C17H16F4N2O3/c1-10-2-4-11(5-3-10)23-15(24)9-22-13-7-6-12(25-16(18)19)8-14(13)26-17(20)21/h2-8,16-17,22H,9H2,1H3,(H,23,24). The number of hydrogen-bond acceptors (Lipinski definition) is 4. The van der Waals surface area contributed by atoms with Gasteiger partial charge in [-0.05, 0) is 31.2 Å². The molecule has 0 aliphatic carbocycles. The van der Waals surface area contributed by atoms with Crippen molar-refractivity contribution in [3.63, 3.8) is 0 Å². The molecule has 9 heteroatoms. The van der Waals surface area contributed by atoms with Gasteiger partial charge in [0.05, 0.1) is 12.2 Å². The van der Waals surface area contributed by atoms with Crippen LogP contribution in [0, 0.1) is 6.92 Å². The van der Waals surface area contributed by atoms with Crippen molar-refractivity contribution in [2.45, 2.75) is 20.1 Å². The molecule has 2 N–H and O–H groups in total. The third-order valence-corrected chi connectivity index (χ3v) is 3.17. The molecule has 0 aromatic heterocycles. The maximum atomic E-state index is 12.5. The quantitative estimate of drug-likeness (QED) is 0.681. The molecule has 2 aromatic rings. The monoisotopic (exact) mass is 372 g/mol. The van der Waals surface area contributed by atoms with Gasteiger partial charge in [0.15, 0.2) is 5.75 Å². The van der Waals surface area contributed by atoms with E-state index < -0.39 is 24.9 Å². The number of amides is 1. The van der Waals surface area contributed by atoms with Gasteiger partial charge in [0.25, 0.3) is 0 Å². The summed E-state index contributed by atoms with van der Waals surface area (Å²) in [5.41, 5.74) is 1.64. The number of nitrogens with one attached hydrogen (secondary N) is 2. The van der Waals surface area contributed by atoms with Gasteiger partial charge in [-0.3, -0.25) is 4.79 Å². The number of carbonyl (C=O) groups excluding carboxylic acids is 1. The van der Waals surface area contributed by atoms with E-state index in [0.717, 1.165) is 17.7 Å². The minimum absolute atomic E-state index is 0.0333. The third-order valence-electron chi connectivity index (χ3n) is 3.17. The average Bonchev–Trinajstić information content (AvgIpc) is 2.55. The zero-order valence-electron chi connectivity index (χ0n) is 13.6. The van der Waals surface area contributed by atoms with Crippen molar-refractivity contribution >= 4 is 17.3 Å². The molecule has 0 aliphatic heterocycles. The SMILES string of the molecule is Cc1ccc(NC(=O)CNc2ccc(OC(F)F)cc2OC(F)F)cc1. The van der Waals surface area contributed by atoms with E-state index in [1.807, 2.05) is 19.1 Å². The molecule has 0 atom stereocenters. The van der Waals surface area contributed by atoms with Gasteiger partial charge in [-0.1, -0.05) is 17.7 Å². The summed E-state index contributed by atoms with van der Waals surface area (Å²) in [6, 6.07) is 10.3. The van der Waals surface area contributed by atoms with Crippen LogP contribution in [-0.4, -0.2) is 25.7 Å². The Balaban J connectivity index is 2.02. The fourth-order valence-electron chi connectivity index (χ4n) is 2.04. The fraction of sp³-hybridized carbons (Fsp3) is 0.235. The van der Waals surface area contributed by atoms with E-state index in [1.54, 1.807) is 12.1 Å². The molecular formula is C17H16F4N2O3. The van der Waals surface area contributed by atoms with Gasteiger partial charge < -0.3 is 20.1 Å². The number of aryl methyl sites for hydroxylation is 1. The lowest BCUT2D eigenvalue weighted by Crippen LogP contribution is -2.22. The van der Waals surface area contributed by atoms with Gasteiger partial charge in [-0.25, -0.2) is 0 Å². The molecular weight excluding hydrogens is 356 g/mol. The molecule has 0 bridgehead atoms. The second-order valence-corrected chi connectivity index (χ2v) is 5.18. The van der Waals surface area contributed by atoms with Crippen LogP contribution in [0.1, 0.15) is 5.56 Å². The summed E-state index contributed by atoms with van der Waals surface area (Å²) in [6.07, 6.45) is 0. The molecule has 0 spiro atoms. The molecule has 1 amide bonds. The Morgan fingerprint density at radius 3 is 2.27 bits per heavy atom. The highest BCUT2D eigenvalue weighted by Crippen LogP contribution is 2.31. The molecule has 0 fully saturated rings. The molecule has 2 rings (SSSR count). The Morgan fingerprint density at radius 1 is 1.00 bits per heavy atom. The molecule has 0 saturated heterocycles. The number of ether oxygens (including phenoxy) is 2. The smallest absolute Gasteiger partial charge is 0.387 e. The minimum atomic E-state index is -3.17. The molecule has 0 unspecified atom stereocenters. The summed E-state index contributed by atoms with van der Waals surface area (Å²) in [4.78, 5) is 11.9. The Morgan fingerprint density at radius 2 is 1.65 bits per heavy atom. The topological polar surface area (TPSA) is 59.6 Å². The second-order valence-electron chi connectivity index (χ2n) is 5.18. The van der Waals surface area contributed by atoms with Crippen molar-refractivity contribution in [1.29, 1.82) is 0 Å². The van der Waals surface area contributed by atoms with Crippen LogP contribution in [-0.2, 0) is 4.79 Å². The van der Waals surface area contributed by atoms with Crippen molar-refractivity contribution in [3.05, 3.63) is 48.0 Å². The Labute approximate surface area is 146 Å². The second kappa shape index (κ2) is 8.93. The predicted molar refractivity (Wildman–Crippen MR) is 88.0 cm³/mol. The third kappa shape index (κ3) is 6.15. The Hall–Kier alpha value is -2.97. The maximum absolute atomic E-state index is 12.5. The molecule has 5 nitrogen and oxygen atoms in total. The number of anilines is 2. The van der Waals surface area contributed by atoms with Crippen molar-refractivity contribution in [2.24, 2.45) is 0 Å². The molecule has 0 saturated carbocycles. The number of hydrogen-bond donors (Lipinski definition) is 2. The highest BCUT2D eigenvalue weighted by atomic mass is 19.3. The molecule has 26 heavy (non-hydrogen) atoms. The molecule has 0 heterocycles. The molecule has 2 aromatic carbocycles. The van der Waals surface area contributed by atoms with E-state index in [4.69, 9.17) is 0 Å². The van der Waals surface area contributed by atoms with Crippen LogP contribution in [0.2, 0.25) is 0 Å². The molecule has 0 aliphatic rings. The van der Waals surface area contributed by atoms with Crippen molar-refractivity contribution in [2.75, 3.05) is 17.2 Å². The van der Waals surface area contributed by atoms with E-state index >= 15 is 0 Å². The summed E-state index contributed by atoms with van der Waals surface area (Å²) in [5.74, 6) is -1.18. The summed E-state index contributed by atoms with van der Waals surface area (Å²) in [5, 5.41) is 5.24. The summed E-state index contributed by atoms with van der Waals surface area (Å²) in [6.45, 7) is -4.62. The van der Waals surface area contributed by atoms with Crippen LogP contribution in [0.5, 0.6) is 11.5 Å². The van der Waals surface area contributed by atoms with Gasteiger partial charge in [-0.2, -0.15) is 17.6 Å². The highest BCUT2D eigenvalue weighted by molar-refractivity contribution is 5.93. The van der Waals surface area contributed by atoms with Crippen LogP contribution in [0.15, 0.2) is 42.5 Å². The Bertz CT molecular complexity index is 739. The summed E-state index contributed by atoms with van der Waals surface area (Å²) >= 11 is 0. The lowest BCUT2D eigenvalue weighted by Gasteiger charge is -2.14. The van der Waals surface area contributed by atoms with Crippen LogP contribution in [0.4, 0.5) is 28.9 Å². The van der Waals surface area contributed by atoms with Gasteiger partial charge in [-0.15, -0.1) is 0 Å². The zero-order chi connectivity index (χ0) is 19.1. The number of halogens is 4. The molecule has 140 valence electrons. The van der Waals surface area contributed by atoms with Gasteiger partial charge in [0.2, 0.25) is 5.91 Å². The molecule has 0 radical (unpaired) electrons. The van der Waals surface area contributed by atoms with Crippen molar-refractivity contribution in [3.8, 4) is 11.5 Å². The van der Waals surface area contributed by atoms with Crippen LogP contribution in [0.25, 0.3) is 0 Å². The Kier molecular flexibility index (Phi) is 6.65. The summed E-state index contributed by atoms with van der Waals surface area (Å²) < 4.78 is 57.9. The van der Waals surface area contributed by atoms with E-state index in [2.05, 4.69) is 20.1 Å². The van der Waals surface area contributed by atoms with Crippen LogP contribution in [0.3, 0.4) is 0 Å². The van der Waals surface area contributed by atoms with Crippen LogP contribution >= 0.6 is 0 Å². The van der Waals surface area contributed by atoms with Crippen molar-refractivity contribution < 1.29 is 31.8 Å². The van der Waals surface area contributed by atoms with Gasteiger partial charge in [0, 0.05) is 11.8 Å². The van der Waals surface area contributed by atoms with E-state index in [1.165, 1.54) is 6.07 Å². The van der Waals surface area contributed by atoms with E-state index in [9.17, 15) is 22.4 Å². The minimum Gasteiger partial charge on any atom is -0.435 e. The van der Waals surface area contributed by atoms with Gasteiger partial charge in [0.1, 0.15) is 5.75 Å².